The van der Waals surface area contributed by atoms with Gasteiger partial charge in [0.05, 0.1) is 16.3 Å². The van der Waals surface area contributed by atoms with E-state index >= 15 is 0 Å². The zero-order valence-electron chi connectivity index (χ0n) is 13.1. The molecule has 1 atom stereocenters. The second kappa shape index (κ2) is 7.23. The summed E-state index contributed by atoms with van der Waals surface area (Å²) in [6, 6.07) is 11.1. The van der Waals surface area contributed by atoms with Gasteiger partial charge in [-0.05, 0) is 37.9 Å². The highest BCUT2D eigenvalue weighted by Crippen LogP contribution is 2.34. The third kappa shape index (κ3) is 4.27. The summed E-state index contributed by atoms with van der Waals surface area (Å²) in [5.41, 5.74) is -0.217. The van der Waals surface area contributed by atoms with Crippen molar-refractivity contribution in [2.75, 3.05) is 19.4 Å². The van der Waals surface area contributed by atoms with Gasteiger partial charge in [-0.15, -0.1) is 0 Å². The molecule has 0 saturated heterocycles. The predicted molar refractivity (Wildman–Crippen MR) is 88.0 cm³/mol. The van der Waals surface area contributed by atoms with Gasteiger partial charge in [-0.3, -0.25) is 9.69 Å². The van der Waals surface area contributed by atoms with Crippen LogP contribution in [-0.2, 0) is 11.0 Å². The molecule has 7 heteroatoms. The van der Waals surface area contributed by atoms with Gasteiger partial charge < -0.3 is 5.32 Å². The topological polar surface area (TPSA) is 32.3 Å². The normalized spacial score (nSPS) is 13.0. The van der Waals surface area contributed by atoms with Gasteiger partial charge in [-0.1, -0.05) is 41.9 Å². The molecule has 0 fully saturated rings. The summed E-state index contributed by atoms with van der Waals surface area (Å²) in [5, 5.41) is 2.53. The van der Waals surface area contributed by atoms with Crippen molar-refractivity contribution in [3.8, 4) is 0 Å². The van der Waals surface area contributed by atoms with Crippen molar-refractivity contribution < 1.29 is 18.0 Å². The van der Waals surface area contributed by atoms with E-state index in [2.05, 4.69) is 5.32 Å². The Bertz CT molecular complexity index is 718. The molecule has 3 nitrogen and oxygen atoms in total. The Morgan fingerprint density at radius 3 is 2.29 bits per heavy atom. The number of halogens is 4. The third-order valence-corrected chi connectivity index (χ3v) is 3.76. The second-order valence-corrected chi connectivity index (χ2v) is 5.87. The molecule has 0 heterocycles. The van der Waals surface area contributed by atoms with Crippen molar-refractivity contribution in [2.24, 2.45) is 0 Å². The highest BCUT2D eigenvalue weighted by atomic mass is 35.5. The van der Waals surface area contributed by atoms with Gasteiger partial charge in [-0.2, -0.15) is 13.2 Å². The Morgan fingerprint density at radius 1 is 1.12 bits per heavy atom. The van der Waals surface area contributed by atoms with Gasteiger partial charge in [0, 0.05) is 0 Å². The molecule has 1 amide bonds. The lowest BCUT2D eigenvalue weighted by Crippen LogP contribution is -2.32. The fourth-order valence-corrected chi connectivity index (χ4v) is 2.48. The largest absolute Gasteiger partial charge is 0.416 e. The van der Waals surface area contributed by atoms with Crippen LogP contribution in [0.15, 0.2) is 48.5 Å². The zero-order valence-corrected chi connectivity index (χ0v) is 13.8. The van der Waals surface area contributed by atoms with Gasteiger partial charge in [-0.25, -0.2) is 0 Å². The van der Waals surface area contributed by atoms with E-state index in [0.29, 0.717) is 0 Å². The van der Waals surface area contributed by atoms with E-state index in [-0.39, 0.29) is 10.7 Å². The maximum absolute atomic E-state index is 12.8. The van der Waals surface area contributed by atoms with E-state index in [0.717, 1.165) is 23.8 Å². The molecule has 2 aromatic carbocycles. The number of hydrogen-bond donors (Lipinski definition) is 1. The molecular weight excluding hydrogens is 341 g/mol. The van der Waals surface area contributed by atoms with Crippen LogP contribution in [0.5, 0.6) is 0 Å². The summed E-state index contributed by atoms with van der Waals surface area (Å²) < 4.78 is 38.5. The van der Waals surface area contributed by atoms with Gasteiger partial charge >= 0.3 is 6.18 Å². The first kappa shape index (κ1) is 18.3. The molecule has 0 aliphatic heterocycles. The van der Waals surface area contributed by atoms with Crippen molar-refractivity contribution in [3.05, 3.63) is 64.7 Å². The standard InChI is InChI=1S/C17H16ClF3N2O/c1-23(2)15(11-6-4-3-5-7-11)16(24)22-14-10-12(17(19,20)21)8-9-13(14)18/h3-10,15H,1-2H3,(H,22,24)/t15-/m0/s1. The minimum atomic E-state index is -4.51. The fourth-order valence-electron chi connectivity index (χ4n) is 2.32. The Balaban J connectivity index is 2.31. The van der Waals surface area contributed by atoms with Crippen molar-refractivity contribution >= 4 is 23.2 Å². The van der Waals surface area contributed by atoms with Gasteiger partial charge in [0.25, 0.3) is 0 Å². The second-order valence-electron chi connectivity index (χ2n) is 5.46. The molecule has 0 radical (unpaired) electrons. The van der Waals surface area contributed by atoms with Crippen molar-refractivity contribution in [1.29, 1.82) is 0 Å². The van der Waals surface area contributed by atoms with Crippen LogP contribution in [0.1, 0.15) is 17.2 Å². The number of carbonyl (C=O) groups is 1. The number of benzene rings is 2. The average Bonchev–Trinajstić information content (AvgIpc) is 2.49. The van der Waals surface area contributed by atoms with Crippen molar-refractivity contribution in [3.63, 3.8) is 0 Å². The molecule has 0 spiro atoms. The first-order chi connectivity index (χ1) is 11.2. The molecule has 2 rings (SSSR count). The lowest BCUT2D eigenvalue weighted by Gasteiger charge is -2.24. The fraction of sp³-hybridized carbons (Fsp3) is 0.235. The average molecular weight is 357 g/mol. The summed E-state index contributed by atoms with van der Waals surface area (Å²) in [6.45, 7) is 0. The highest BCUT2D eigenvalue weighted by molar-refractivity contribution is 6.33. The molecule has 0 saturated carbocycles. The van der Waals surface area contributed by atoms with E-state index in [4.69, 9.17) is 11.6 Å². The summed E-state index contributed by atoms with van der Waals surface area (Å²) in [6.07, 6.45) is -4.51. The van der Waals surface area contributed by atoms with E-state index in [9.17, 15) is 18.0 Å². The first-order valence-electron chi connectivity index (χ1n) is 7.09. The number of hydrogen-bond acceptors (Lipinski definition) is 2. The number of alkyl halides is 3. The number of amides is 1. The summed E-state index contributed by atoms with van der Waals surface area (Å²) >= 11 is 5.92. The molecular formula is C17H16ClF3N2O. The van der Waals surface area contributed by atoms with E-state index in [1.54, 1.807) is 43.3 Å². The van der Waals surface area contributed by atoms with Crippen LogP contribution in [-0.4, -0.2) is 24.9 Å². The quantitative estimate of drug-likeness (QED) is 0.868. The molecule has 1 N–H and O–H groups in total. The smallest absolute Gasteiger partial charge is 0.323 e. The summed E-state index contributed by atoms with van der Waals surface area (Å²) in [7, 11) is 3.43. The number of anilines is 1. The van der Waals surface area contributed by atoms with E-state index < -0.39 is 23.7 Å². The molecule has 0 unspecified atom stereocenters. The maximum Gasteiger partial charge on any atom is 0.416 e. The first-order valence-corrected chi connectivity index (χ1v) is 7.47. The molecule has 0 aromatic heterocycles. The Hall–Kier alpha value is -2.05. The number of likely N-dealkylation sites (N-methyl/N-ethyl adjacent to an activating group) is 1. The molecule has 0 bridgehead atoms. The third-order valence-electron chi connectivity index (χ3n) is 3.43. The van der Waals surface area contributed by atoms with Crippen LogP contribution in [0, 0.1) is 0 Å². The number of carbonyl (C=O) groups excluding carboxylic acids is 1. The van der Waals surface area contributed by atoms with Crippen molar-refractivity contribution in [2.45, 2.75) is 12.2 Å². The van der Waals surface area contributed by atoms with Crippen LogP contribution in [0.4, 0.5) is 18.9 Å². The van der Waals surface area contributed by atoms with Crippen LogP contribution in [0.2, 0.25) is 5.02 Å². The van der Waals surface area contributed by atoms with E-state index in [1.807, 2.05) is 6.07 Å². The highest BCUT2D eigenvalue weighted by Gasteiger charge is 2.31. The monoisotopic (exact) mass is 356 g/mol. The zero-order chi connectivity index (χ0) is 17.9. The lowest BCUT2D eigenvalue weighted by atomic mass is 10.1. The van der Waals surface area contributed by atoms with Crippen LogP contribution in [0.25, 0.3) is 0 Å². The number of nitrogens with one attached hydrogen (secondary N) is 1. The van der Waals surface area contributed by atoms with Crippen LogP contribution in [0.3, 0.4) is 0 Å². The van der Waals surface area contributed by atoms with Gasteiger partial charge in [0.15, 0.2) is 0 Å². The van der Waals surface area contributed by atoms with Crippen LogP contribution >= 0.6 is 11.6 Å². The Labute approximate surface area is 143 Å². The maximum atomic E-state index is 12.8. The summed E-state index contributed by atoms with van der Waals surface area (Å²) in [5.74, 6) is -0.465. The molecule has 24 heavy (non-hydrogen) atoms. The minimum absolute atomic E-state index is 0.0434. The SMILES string of the molecule is CN(C)[C@H](C(=O)Nc1cc(C(F)(F)F)ccc1Cl)c1ccccc1. The summed E-state index contributed by atoms with van der Waals surface area (Å²) in [4.78, 5) is 14.2. The Kier molecular flexibility index (Phi) is 5.51. The van der Waals surface area contributed by atoms with E-state index in [1.165, 1.54) is 0 Å². The minimum Gasteiger partial charge on any atom is -0.323 e. The number of rotatable bonds is 4. The molecule has 0 aliphatic carbocycles. The molecule has 0 aliphatic rings. The van der Waals surface area contributed by atoms with Gasteiger partial charge in [0.2, 0.25) is 5.91 Å². The molecule has 2 aromatic rings. The Morgan fingerprint density at radius 2 is 1.75 bits per heavy atom. The van der Waals surface area contributed by atoms with Crippen LogP contribution < -0.4 is 5.32 Å². The lowest BCUT2D eigenvalue weighted by molar-refractivity contribution is -0.137. The predicted octanol–water partition coefficient (Wildman–Crippen LogP) is 4.60. The number of nitrogens with zero attached hydrogens (tertiary/aromatic N) is 1. The molecule has 128 valence electrons. The van der Waals surface area contributed by atoms with Gasteiger partial charge in [0.1, 0.15) is 6.04 Å². The van der Waals surface area contributed by atoms with Crippen molar-refractivity contribution in [1.82, 2.24) is 4.90 Å².